The summed E-state index contributed by atoms with van der Waals surface area (Å²) >= 11 is 0. The zero-order chi connectivity index (χ0) is 23.8. The van der Waals surface area contributed by atoms with Gasteiger partial charge < -0.3 is 10.6 Å². The van der Waals surface area contributed by atoms with Crippen LogP contribution in [0.3, 0.4) is 0 Å². The molecular weight excluding hydrogens is 421 g/mol. The third kappa shape index (κ3) is 5.03. The van der Waals surface area contributed by atoms with Crippen molar-refractivity contribution in [3.8, 4) is 6.07 Å². The third-order valence-corrected chi connectivity index (χ3v) is 5.67. The highest BCUT2D eigenvalue weighted by Crippen LogP contribution is 2.25. The van der Waals surface area contributed by atoms with Crippen LogP contribution in [0.15, 0.2) is 42.5 Å². The zero-order valence-corrected chi connectivity index (χ0v) is 18.9. The Morgan fingerprint density at radius 3 is 2.52 bits per heavy atom. The Labute approximate surface area is 191 Å². The van der Waals surface area contributed by atoms with Crippen molar-refractivity contribution in [2.24, 2.45) is 5.41 Å². The number of carbonyl (C=O) groups excluding carboxylic acids is 2. The first kappa shape index (κ1) is 22.5. The van der Waals surface area contributed by atoms with Crippen LogP contribution in [0.5, 0.6) is 0 Å². The van der Waals surface area contributed by atoms with E-state index in [9.17, 15) is 14.0 Å². The Kier molecular flexibility index (Phi) is 5.90. The first-order valence-corrected chi connectivity index (χ1v) is 10.9. The van der Waals surface area contributed by atoms with Crippen molar-refractivity contribution in [1.82, 2.24) is 20.4 Å². The van der Waals surface area contributed by atoms with Gasteiger partial charge in [0.1, 0.15) is 11.9 Å². The molecule has 0 spiro atoms. The number of fused-ring (bicyclic) bond motifs is 1. The van der Waals surface area contributed by atoms with Gasteiger partial charge in [-0.15, -0.1) is 0 Å². The molecule has 0 saturated heterocycles. The molecular formula is C25H26FN5O2. The van der Waals surface area contributed by atoms with Crippen LogP contribution < -0.4 is 10.6 Å². The minimum atomic E-state index is -0.766. The first-order chi connectivity index (χ1) is 15.7. The van der Waals surface area contributed by atoms with E-state index in [1.807, 2.05) is 32.9 Å². The number of rotatable bonds is 6. The number of halogens is 1. The number of hydrogen-bond donors (Lipinski definition) is 2. The number of amides is 2. The third-order valence-electron chi connectivity index (χ3n) is 5.67. The predicted octanol–water partition coefficient (Wildman–Crippen LogP) is 3.52. The van der Waals surface area contributed by atoms with Gasteiger partial charge in [0.25, 0.3) is 5.91 Å². The number of hydrogen-bond acceptors (Lipinski definition) is 4. The number of nitrogens with zero attached hydrogens (tertiary/aromatic N) is 3. The lowest BCUT2D eigenvalue weighted by molar-refractivity contribution is -0.125. The molecule has 1 atom stereocenters. The second-order valence-corrected chi connectivity index (χ2v) is 9.53. The van der Waals surface area contributed by atoms with Gasteiger partial charge in [0.05, 0.1) is 23.7 Å². The number of nitriles is 1. The summed E-state index contributed by atoms with van der Waals surface area (Å²) in [5, 5.41) is 19.6. The molecule has 1 unspecified atom stereocenters. The van der Waals surface area contributed by atoms with Crippen LogP contribution in [0.2, 0.25) is 0 Å². The zero-order valence-electron chi connectivity index (χ0n) is 18.9. The SMILES string of the molecule is CC(C)(C)C(NC(=O)c1nn(Cc2ccc(C#N)cc2)c2ccc(F)cc12)C(=O)NC1CC1. The highest BCUT2D eigenvalue weighted by Gasteiger charge is 2.36. The van der Waals surface area contributed by atoms with E-state index in [1.54, 1.807) is 22.9 Å². The van der Waals surface area contributed by atoms with Crippen LogP contribution in [0, 0.1) is 22.6 Å². The summed E-state index contributed by atoms with van der Waals surface area (Å²) in [6.45, 7) is 5.98. The molecule has 4 rings (SSSR count). The Bertz CT molecular complexity index is 1250. The van der Waals surface area contributed by atoms with Gasteiger partial charge in [-0.2, -0.15) is 10.4 Å². The molecule has 8 heteroatoms. The number of carbonyl (C=O) groups is 2. The highest BCUT2D eigenvalue weighted by atomic mass is 19.1. The van der Waals surface area contributed by atoms with Gasteiger partial charge in [-0.25, -0.2) is 4.39 Å². The van der Waals surface area contributed by atoms with E-state index in [0.29, 0.717) is 23.0 Å². The van der Waals surface area contributed by atoms with Crippen molar-refractivity contribution in [2.45, 2.75) is 52.2 Å². The first-order valence-electron chi connectivity index (χ1n) is 10.9. The van der Waals surface area contributed by atoms with Crippen molar-refractivity contribution < 1.29 is 14.0 Å². The summed E-state index contributed by atoms with van der Waals surface area (Å²) < 4.78 is 15.7. The monoisotopic (exact) mass is 447 g/mol. The molecule has 170 valence electrons. The summed E-state index contributed by atoms with van der Waals surface area (Å²) in [5.41, 5.74) is 1.56. The van der Waals surface area contributed by atoms with Crippen molar-refractivity contribution in [2.75, 3.05) is 0 Å². The maximum absolute atomic E-state index is 14.1. The van der Waals surface area contributed by atoms with E-state index < -0.39 is 23.2 Å². The molecule has 2 aromatic carbocycles. The summed E-state index contributed by atoms with van der Waals surface area (Å²) in [5.74, 6) is -1.24. The topological polar surface area (TPSA) is 99.8 Å². The molecule has 1 heterocycles. The minimum Gasteiger partial charge on any atom is -0.352 e. The molecule has 7 nitrogen and oxygen atoms in total. The van der Waals surface area contributed by atoms with Gasteiger partial charge in [0.15, 0.2) is 5.69 Å². The van der Waals surface area contributed by atoms with Crippen LogP contribution in [-0.4, -0.2) is 33.7 Å². The normalized spacial score (nSPS) is 14.5. The summed E-state index contributed by atoms with van der Waals surface area (Å²) in [4.78, 5) is 26.0. The van der Waals surface area contributed by atoms with E-state index >= 15 is 0 Å². The molecule has 1 aliphatic carbocycles. The lowest BCUT2D eigenvalue weighted by atomic mass is 9.86. The van der Waals surface area contributed by atoms with Gasteiger partial charge in [0, 0.05) is 11.4 Å². The average Bonchev–Trinajstić information content (AvgIpc) is 3.51. The Hall–Kier alpha value is -3.73. The average molecular weight is 448 g/mol. The summed E-state index contributed by atoms with van der Waals surface area (Å²) in [6.07, 6.45) is 1.89. The van der Waals surface area contributed by atoms with E-state index in [1.165, 1.54) is 12.1 Å². The second-order valence-electron chi connectivity index (χ2n) is 9.53. The van der Waals surface area contributed by atoms with Crippen molar-refractivity contribution in [1.29, 1.82) is 5.26 Å². The molecule has 0 aliphatic heterocycles. The van der Waals surface area contributed by atoms with Gasteiger partial charge >= 0.3 is 0 Å². The fraction of sp³-hybridized carbons (Fsp3) is 0.360. The molecule has 1 aliphatic rings. The van der Waals surface area contributed by atoms with Crippen molar-refractivity contribution in [3.63, 3.8) is 0 Å². The predicted molar refractivity (Wildman–Crippen MR) is 122 cm³/mol. The fourth-order valence-corrected chi connectivity index (χ4v) is 3.68. The molecule has 2 amide bonds. The Morgan fingerprint density at radius 2 is 1.91 bits per heavy atom. The number of nitrogens with one attached hydrogen (secondary N) is 2. The lowest BCUT2D eigenvalue weighted by Crippen LogP contribution is -2.54. The van der Waals surface area contributed by atoms with E-state index in [-0.39, 0.29) is 17.6 Å². The molecule has 0 radical (unpaired) electrons. The molecule has 1 aromatic heterocycles. The molecule has 3 aromatic rings. The maximum atomic E-state index is 14.1. The largest absolute Gasteiger partial charge is 0.352 e. The van der Waals surface area contributed by atoms with Crippen molar-refractivity contribution in [3.05, 3.63) is 65.1 Å². The number of benzene rings is 2. The van der Waals surface area contributed by atoms with Crippen LogP contribution in [0.4, 0.5) is 4.39 Å². The minimum absolute atomic E-state index is 0.0617. The van der Waals surface area contributed by atoms with Crippen LogP contribution in [-0.2, 0) is 11.3 Å². The van der Waals surface area contributed by atoms with E-state index in [2.05, 4.69) is 21.8 Å². The summed E-state index contributed by atoms with van der Waals surface area (Å²) in [7, 11) is 0. The van der Waals surface area contributed by atoms with Crippen LogP contribution in [0.25, 0.3) is 10.9 Å². The molecule has 0 bridgehead atoms. The Morgan fingerprint density at radius 1 is 1.21 bits per heavy atom. The van der Waals surface area contributed by atoms with Crippen molar-refractivity contribution >= 4 is 22.7 Å². The standard InChI is InChI=1S/C25H26FN5O2/c1-25(2,3)22(24(33)28-18-9-10-18)29-23(32)21-19-12-17(26)8-11-20(19)31(30-21)14-16-6-4-15(13-27)5-7-16/h4-8,11-12,18,22H,9-10,14H2,1-3H3,(H,28,33)(H,29,32). The molecule has 33 heavy (non-hydrogen) atoms. The number of aromatic nitrogens is 2. The van der Waals surface area contributed by atoms with Crippen LogP contribution >= 0.6 is 0 Å². The molecule has 1 saturated carbocycles. The lowest BCUT2D eigenvalue weighted by Gasteiger charge is -2.30. The quantitative estimate of drug-likeness (QED) is 0.604. The second kappa shape index (κ2) is 8.66. The van der Waals surface area contributed by atoms with E-state index in [4.69, 9.17) is 5.26 Å². The molecule has 2 N–H and O–H groups in total. The molecule has 1 fully saturated rings. The van der Waals surface area contributed by atoms with Crippen LogP contribution in [0.1, 0.15) is 55.2 Å². The van der Waals surface area contributed by atoms with Gasteiger partial charge in [-0.1, -0.05) is 32.9 Å². The highest BCUT2D eigenvalue weighted by molar-refractivity contribution is 6.06. The fourth-order valence-electron chi connectivity index (χ4n) is 3.68. The Balaban J connectivity index is 1.65. The summed E-state index contributed by atoms with van der Waals surface area (Å²) in [6, 6.07) is 12.7. The van der Waals surface area contributed by atoms with Gasteiger partial charge in [-0.3, -0.25) is 14.3 Å². The van der Waals surface area contributed by atoms with E-state index in [0.717, 1.165) is 18.4 Å². The smallest absolute Gasteiger partial charge is 0.273 e. The maximum Gasteiger partial charge on any atom is 0.273 e. The van der Waals surface area contributed by atoms with Gasteiger partial charge in [-0.05, 0) is 54.2 Å². The van der Waals surface area contributed by atoms with Gasteiger partial charge in [0.2, 0.25) is 5.91 Å².